The van der Waals surface area contributed by atoms with E-state index >= 15 is 0 Å². The van der Waals surface area contributed by atoms with E-state index < -0.39 is 7.12 Å². The van der Waals surface area contributed by atoms with Gasteiger partial charge >= 0.3 is 7.12 Å². The number of fused-ring (bicyclic) bond motifs is 1. The van der Waals surface area contributed by atoms with Crippen molar-refractivity contribution < 1.29 is 10.0 Å². The summed E-state index contributed by atoms with van der Waals surface area (Å²) in [5, 5.41) is 25.5. The smallest absolute Gasteiger partial charge is 0.423 e. The van der Waals surface area contributed by atoms with Crippen LogP contribution in [-0.4, -0.2) is 27.4 Å². The van der Waals surface area contributed by atoms with Crippen molar-refractivity contribution in [1.82, 2.24) is 10.2 Å². The summed E-state index contributed by atoms with van der Waals surface area (Å²) in [5.41, 5.74) is 2.38. The maximum atomic E-state index is 8.97. The predicted molar refractivity (Wildman–Crippen MR) is 50.7 cm³/mol. The highest BCUT2D eigenvalue weighted by Crippen LogP contribution is 2.12. The van der Waals surface area contributed by atoms with Gasteiger partial charge in [-0.3, -0.25) is 5.10 Å². The van der Waals surface area contributed by atoms with Gasteiger partial charge in [-0.25, -0.2) is 0 Å². The summed E-state index contributed by atoms with van der Waals surface area (Å²) < 4.78 is 0. The molecular formula is C8H9BN2O2. The van der Waals surface area contributed by atoms with Gasteiger partial charge in [0.1, 0.15) is 0 Å². The van der Waals surface area contributed by atoms with Gasteiger partial charge in [-0.05, 0) is 17.9 Å². The molecule has 66 valence electrons. The molecule has 2 aromatic rings. The molecule has 0 saturated carbocycles. The van der Waals surface area contributed by atoms with Gasteiger partial charge in [-0.1, -0.05) is 12.1 Å². The van der Waals surface area contributed by atoms with Crippen molar-refractivity contribution in [2.75, 3.05) is 0 Å². The summed E-state index contributed by atoms with van der Waals surface area (Å²) in [5.74, 6) is 0. The van der Waals surface area contributed by atoms with Gasteiger partial charge in [0.25, 0.3) is 0 Å². The van der Waals surface area contributed by atoms with Crippen LogP contribution in [0.1, 0.15) is 5.56 Å². The Bertz CT molecular complexity index is 439. The summed E-state index contributed by atoms with van der Waals surface area (Å²) in [6, 6.07) is 3.43. The van der Waals surface area contributed by atoms with Crippen LogP contribution in [0.25, 0.3) is 10.9 Å². The van der Waals surface area contributed by atoms with Gasteiger partial charge in [-0.15, -0.1) is 0 Å². The maximum Gasteiger partial charge on any atom is 0.488 e. The molecule has 0 unspecified atom stereocenters. The molecule has 1 heterocycles. The van der Waals surface area contributed by atoms with Crippen molar-refractivity contribution >= 4 is 23.5 Å². The second kappa shape index (κ2) is 2.87. The second-order valence-electron chi connectivity index (χ2n) is 3.05. The Kier molecular flexibility index (Phi) is 1.83. The summed E-state index contributed by atoms with van der Waals surface area (Å²) in [6.45, 7) is 1.90. The van der Waals surface area contributed by atoms with Crippen molar-refractivity contribution in [3.05, 3.63) is 23.9 Å². The van der Waals surface area contributed by atoms with Gasteiger partial charge in [0.2, 0.25) is 0 Å². The average Bonchev–Trinajstić information content (AvgIpc) is 2.51. The Balaban J connectivity index is 2.70. The predicted octanol–water partition coefficient (Wildman–Crippen LogP) is -0.449. The second-order valence-corrected chi connectivity index (χ2v) is 3.05. The first-order valence-electron chi connectivity index (χ1n) is 3.98. The van der Waals surface area contributed by atoms with E-state index in [1.807, 2.05) is 6.92 Å². The molecule has 1 aromatic carbocycles. The zero-order valence-electron chi connectivity index (χ0n) is 7.15. The summed E-state index contributed by atoms with van der Waals surface area (Å²) in [7, 11) is -1.42. The average molecular weight is 176 g/mol. The number of aromatic amines is 1. The lowest BCUT2D eigenvalue weighted by Gasteiger charge is -2.01. The van der Waals surface area contributed by atoms with E-state index in [9.17, 15) is 0 Å². The number of rotatable bonds is 1. The molecule has 3 N–H and O–H groups in total. The minimum atomic E-state index is -1.42. The van der Waals surface area contributed by atoms with Crippen LogP contribution in [-0.2, 0) is 0 Å². The van der Waals surface area contributed by atoms with Gasteiger partial charge in [0.05, 0.1) is 11.7 Å². The van der Waals surface area contributed by atoms with E-state index in [1.54, 1.807) is 18.3 Å². The molecule has 13 heavy (non-hydrogen) atoms. The maximum absolute atomic E-state index is 8.97. The number of H-pyrrole nitrogens is 1. The molecule has 0 aliphatic heterocycles. The van der Waals surface area contributed by atoms with Crippen molar-refractivity contribution in [3.8, 4) is 0 Å². The number of nitrogens with zero attached hydrogens (tertiary/aromatic N) is 1. The van der Waals surface area contributed by atoms with Crippen molar-refractivity contribution in [3.63, 3.8) is 0 Å². The van der Waals surface area contributed by atoms with E-state index in [0.29, 0.717) is 5.46 Å². The third-order valence-corrected chi connectivity index (χ3v) is 2.07. The Hall–Kier alpha value is -1.33. The fourth-order valence-electron chi connectivity index (χ4n) is 1.41. The van der Waals surface area contributed by atoms with E-state index in [-0.39, 0.29) is 0 Å². The normalized spacial score (nSPS) is 10.7. The summed E-state index contributed by atoms with van der Waals surface area (Å²) >= 11 is 0. The van der Waals surface area contributed by atoms with Crippen LogP contribution in [0.4, 0.5) is 0 Å². The molecule has 4 nitrogen and oxygen atoms in total. The topological polar surface area (TPSA) is 69.1 Å². The molecule has 2 rings (SSSR count). The van der Waals surface area contributed by atoms with Crippen LogP contribution in [0.15, 0.2) is 18.3 Å². The molecule has 0 spiro atoms. The molecule has 0 saturated heterocycles. The van der Waals surface area contributed by atoms with Crippen molar-refractivity contribution in [2.24, 2.45) is 0 Å². The molecule has 5 heteroatoms. The van der Waals surface area contributed by atoms with E-state index in [4.69, 9.17) is 10.0 Å². The highest BCUT2D eigenvalue weighted by Gasteiger charge is 2.12. The third-order valence-electron chi connectivity index (χ3n) is 2.07. The molecule has 0 fully saturated rings. The van der Waals surface area contributed by atoms with Crippen LogP contribution in [0.5, 0.6) is 0 Å². The van der Waals surface area contributed by atoms with Crippen molar-refractivity contribution in [2.45, 2.75) is 6.92 Å². The zero-order valence-corrected chi connectivity index (χ0v) is 7.15. The lowest BCUT2D eigenvalue weighted by atomic mass is 9.79. The Morgan fingerprint density at radius 1 is 1.38 bits per heavy atom. The van der Waals surface area contributed by atoms with Gasteiger partial charge < -0.3 is 10.0 Å². The van der Waals surface area contributed by atoms with Crippen LogP contribution in [0, 0.1) is 6.92 Å². The number of hydrogen-bond donors (Lipinski definition) is 3. The number of nitrogens with one attached hydrogen (secondary N) is 1. The summed E-state index contributed by atoms with van der Waals surface area (Å²) in [4.78, 5) is 0. The largest absolute Gasteiger partial charge is 0.488 e. The van der Waals surface area contributed by atoms with Crippen LogP contribution < -0.4 is 5.46 Å². The number of aryl methyl sites for hydroxylation is 1. The highest BCUT2D eigenvalue weighted by atomic mass is 16.4. The van der Waals surface area contributed by atoms with E-state index in [1.165, 1.54) is 0 Å². The van der Waals surface area contributed by atoms with Crippen LogP contribution >= 0.6 is 0 Å². The van der Waals surface area contributed by atoms with Gasteiger partial charge in [0.15, 0.2) is 0 Å². The fourth-order valence-corrected chi connectivity index (χ4v) is 1.41. The molecule has 1 aromatic heterocycles. The SMILES string of the molecule is Cc1cc(B(O)O)cc2cn[nH]c12. The highest BCUT2D eigenvalue weighted by molar-refractivity contribution is 6.59. The lowest BCUT2D eigenvalue weighted by molar-refractivity contribution is 0.426. The molecule has 0 radical (unpaired) electrons. The minimum Gasteiger partial charge on any atom is -0.423 e. The number of hydrogen-bond acceptors (Lipinski definition) is 3. The van der Waals surface area contributed by atoms with E-state index in [0.717, 1.165) is 16.5 Å². The number of aromatic nitrogens is 2. The molecular weight excluding hydrogens is 167 g/mol. The molecule has 0 bridgehead atoms. The first kappa shape index (κ1) is 8.28. The standard InChI is InChI=1S/C8H9BN2O2/c1-5-2-7(9(12)13)3-6-4-10-11-8(5)6/h2-4,12-13H,1H3,(H,10,11). The van der Waals surface area contributed by atoms with E-state index in [2.05, 4.69) is 10.2 Å². The zero-order chi connectivity index (χ0) is 9.42. The fraction of sp³-hybridized carbons (Fsp3) is 0.125. The third kappa shape index (κ3) is 1.32. The minimum absolute atomic E-state index is 0.492. The van der Waals surface area contributed by atoms with Gasteiger partial charge in [0, 0.05) is 5.39 Å². The Morgan fingerprint density at radius 2 is 2.15 bits per heavy atom. The first-order valence-corrected chi connectivity index (χ1v) is 3.98. The molecule has 0 amide bonds. The van der Waals surface area contributed by atoms with Crippen LogP contribution in [0.2, 0.25) is 0 Å². The molecule has 0 aliphatic carbocycles. The monoisotopic (exact) mass is 176 g/mol. The molecule has 0 atom stereocenters. The Labute approximate surface area is 75.4 Å². The first-order chi connectivity index (χ1) is 6.18. The lowest BCUT2D eigenvalue weighted by Crippen LogP contribution is -2.29. The quantitative estimate of drug-likeness (QED) is 0.515. The van der Waals surface area contributed by atoms with Crippen molar-refractivity contribution in [1.29, 1.82) is 0 Å². The van der Waals surface area contributed by atoms with Gasteiger partial charge in [-0.2, -0.15) is 5.10 Å². The number of benzene rings is 1. The summed E-state index contributed by atoms with van der Waals surface area (Å²) in [6.07, 6.45) is 1.66. The van der Waals surface area contributed by atoms with Crippen LogP contribution in [0.3, 0.4) is 0 Å². The Morgan fingerprint density at radius 3 is 2.85 bits per heavy atom. The molecule has 0 aliphatic rings.